The van der Waals surface area contributed by atoms with Crippen molar-refractivity contribution in [3.8, 4) is 0 Å². The molecule has 1 atom stereocenters. The van der Waals surface area contributed by atoms with E-state index in [0.717, 1.165) is 11.8 Å². The number of benzene rings is 1. The van der Waals surface area contributed by atoms with Crippen LogP contribution in [0.3, 0.4) is 0 Å². The molecule has 0 N–H and O–H groups in total. The number of hydrogen-bond acceptors (Lipinski definition) is 4. The highest BCUT2D eigenvalue weighted by Crippen LogP contribution is 2.55. The maximum Gasteiger partial charge on any atom is 0.240 e. The topological polar surface area (TPSA) is 74.8 Å². The summed E-state index contributed by atoms with van der Waals surface area (Å²) in [5, 5.41) is 0. The Morgan fingerprint density at radius 2 is 1.68 bits per heavy atom. The molecule has 0 aromatic heterocycles. The molecular weight excluding hydrogens is 356 g/mol. The van der Waals surface area contributed by atoms with Crippen molar-refractivity contribution in [2.45, 2.75) is 45.4 Å². The van der Waals surface area contributed by atoms with Crippen LogP contribution in [0.2, 0.25) is 0 Å². The van der Waals surface area contributed by atoms with Crippen molar-refractivity contribution in [3.05, 3.63) is 35.4 Å². The average molecular weight is 384 g/mol. The van der Waals surface area contributed by atoms with Crippen LogP contribution in [0.5, 0.6) is 0 Å². The standard InChI is InChI=1S/C22H28N2O4/c1-15(2)13-18(26)24-11-9-22(10-12-24)20(28)23(4)19(27)21(22,3)17-7-5-16(14-25)6-8-17/h5-8,14-15H,9-13H2,1-4H3. The van der Waals surface area contributed by atoms with E-state index >= 15 is 0 Å². The second-order valence-corrected chi connectivity index (χ2v) is 8.60. The van der Waals surface area contributed by atoms with Gasteiger partial charge in [-0.25, -0.2) is 0 Å². The predicted molar refractivity (Wildman–Crippen MR) is 105 cm³/mol. The van der Waals surface area contributed by atoms with Crippen LogP contribution in [-0.4, -0.2) is 53.9 Å². The molecule has 1 aromatic rings. The molecule has 0 saturated carbocycles. The van der Waals surface area contributed by atoms with Crippen molar-refractivity contribution >= 4 is 24.0 Å². The molecule has 6 nitrogen and oxygen atoms in total. The lowest BCUT2D eigenvalue weighted by Crippen LogP contribution is -2.54. The second kappa shape index (κ2) is 7.15. The first-order valence-electron chi connectivity index (χ1n) is 9.83. The van der Waals surface area contributed by atoms with Gasteiger partial charge in [-0.1, -0.05) is 38.1 Å². The van der Waals surface area contributed by atoms with Crippen molar-refractivity contribution in [2.24, 2.45) is 11.3 Å². The monoisotopic (exact) mass is 384 g/mol. The number of hydrogen-bond donors (Lipinski definition) is 0. The van der Waals surface area contributed by atoms with Crippen LogP contribution in [0, 0.1) is 11.3 Å². The predicted octanol–water partition coefficient (Wildman–Crippen LogP) is 2.41. The molecule has 1 unspecified atom stereocenters. The Kier molecular flexibility index (Phi) is 5.17. The highest BCUT2D eigenvalue weighted by atomic mass is 16.2. The lowest BCUT2D eigenvalue weighted by atomic mass is 9.58. The van der Waals surface area contributed by atoms with E-state index in [4.69, 9.17) is 0 Å². The molecule has 2 saturated heterocycles. The lowest BCUT2D eigenvalue weighted by Gasteiger charge is -2.45. The first-order chi connectivity index (χ1) is 13.2. The van der Waals surface area contributed by atoms with Gasteiger partial charge in [-0.15, -0.1) is 0 Å². The normalized spacial score (nSPS) is 24.3. The lowest BCUT2D eigenvalue weighted by molar-refractivity contribution is -0.144. The number of nitrogens with zero attached hydrogens (tertiary/aromatic N) is 2. The van der Waals surface area contributed by atoms with Crippen molar-refractivity contribution in [1.29, 1.82) is 0 Å². The third-order valence-corrected chi connectivity index (χ3v) is 6.58. The van der Waals surface area contributed by atoms with Crippen molar-refractivity contribution < 1.29 is 19.2 Å². The Hall–Kier alpha value is -2.50. The molecule has 2 aliphatic rings. The number of carbonyl (C=O) groups is 4. The molecule has 28 heavy (non-hydrogen) atoms. The largest absolute Gasteiger partial charge is 0.343 e. The Balaban J connectivity index is 1.95. The number of piperidine rings is 1. The fourth-order valence-electron chi connectivity index (χ4n) is 4.79. The van der Waals surface area contributed by atoms with Gasteiger partial charge >= 0.3 is 0 Å². The molecule has 0 radical (unpaired) electrons. The van der Waals surface area contributed by atoms with E-state index < -0.39 is 10.8 Å². The molecule has 150 valence electrons. The second-order valence-electron chi connectivity index (χ2n) is 8.60. The molecule has 1 aromatic carbocycles. The van der Waals surface area contributed by atoms with Crippen molar-refractivity contribution in [2.75, 3.05) is 20.1 Å². The Morgan fingerprint density at radius 3 is 2.18 bits per heavy atom. The van der Waals surface area contributed by atoms with Gasteiger partial charge in [0, 0.05) is 32.1 Å². The van der Waals surface area contributed by atoms with Crippen LogP contribution < -0.4 is 0 Å². The van der Waals surface area contributed by atoms with E-state index in [1.165, 1.54) is 11.9 Å². The smallest absolute Gasteiger partial charge is 0.240 e. The molecule has 3 rings (SSSR count). The Bertz CT molecular complexity index is 806. The summed E-state index contributed by atoms with van der Waals surface area (Å²) in [5.74, 6) is -0.00782. The van der Waals surface area contributed by atoms with E-state index in [2.05, 4.69) is 0 Å². The van der Waals surface area contributed by atoms with Gasteiger partial charge in [-0.3, -0.25) is 24.1 Å². The van der Waals surface area contributed by atoms with Crippen LogP contribution in [0.15, 0.2) is 24.3 Å². The molecule has 0 bridgehead atoms. The summed E-state index contributed by atoms with van der Waals surface area (Å²) in [6, 6.07) is 6.90. The maximum absolute atomic E-state index is 13.2. The number of amides is 3. The molecule has 6 heteroatoms. The molecule has 3 amide bonds. The summed E-state index contributed by atoms with van der Waals surface area (Å²) in [7, 11) is 1.54. The van der Waals surface area contributed by atoms with Gasteiger partial charge < -0.3 is 4.90 Å². The van der Waals surface area contributed by atoms with Gasteiger partial charge in [0.15, 0.2) is 0 Å². The SMILES string of the molecule is CC(C)CC(=O)N1CCC2(CC1)C(=O)N(C)C(=O)C2(C)c1ccc(C=O)cc1. The summed E-state index contributed by atoms with van der Waals surface area (Å²) in [6.45, 7) is 6.80. The van der Waals surface area contributed by atoms with Gasteiger partial charge in [0.05, 0.1) is 10.8 Å². The Labute approximate surface area is 165 Å². The number of likely N-dealkylation sites (N-methyl/N-ethyl adjacent to an activating group) is 1. The van der Waals surface area contributed by atoms with Gasteiger partial charge in [0.1, 0.15) is 6.29 Å². The molecule has 1 spiro atoms. The van der Waals surface area contributed by atoms with Crippen LogP contribution >= 0.6 is 0 Å². The zero-order valence-electron chi connectivity index (χ0n) is 17.0. The third kappa shape index (κ3) is 2.86. The average Bonchev–Trinajstić information content (AvgIpc) is 2.83. The first kappa shape index (κ1) is 20.2. The van der Waals surface area contributed by atoms with Gasteiger partial charge in [-0.2, -0.15) is 0 Å². The van der Waals surface area contributed by atoms with Gasteiger partial charge in [-0.05, 0) is 31.2 Å². The summed E-state index contributed by atoms with van der Waals surface area (Å²) in [6.07, 6.45) is 2.16. The van der Waals surface area contributed by atoms with E-state index in [-0.39, 0.29) is 23.6 Å². The van der Waals surface area contributed by atoms with Crippen LogP contribution in [0.1, 0.15) is 56.0 Å². The van der Waals surface area contributed by atoms with Gasteiger partial charge in [0.25, 0.3) is 0 Å². The summed E-state index contributed by atoms with van der Waals surface area (Å²) in [5.41, 5.74) is -0.604. The Morgan fingerprint density at radius 1 is 1.11 bits per heavy atom. The quantitative estimate of drug-likeness (QED) is 0.590. The van der Waals surface area contributed by atoms with Gasteiger partial charge in [0.2, 0.25) is 17.7 Å². The number of rotatable bonds is 4. The first-order valence-corrected chi connectivity index (χ1v) is 9.83. The van der Waals surface area contributed by atoms with Crippen molar-refractivity contribution in [3.63, 3.8) is 0 Å². The van der Waals surface area contributed by atoms with E-state index in [0.29, 0.717) is 37.9 Å². The summed E-state index contributed by atoms with van der Waals surface area (Å²) in [4.78, 5) is 52.9. The minimum atomic E-state index is -1.01. The van der Waals surface area contributed by atoms with Crippen LogP contribution in [-0.2, 0) is 19.8 Å². The minimum Gasteiger partial charge on any atom is -0.343 e. The zero-order chi connectivity index (χ0) is 20.7. The van der Waals surface area contributed by atoms with Crippen molar-refractivity contribution in [1.82, 2.24) is 9.80 Å². The highest BCUT2D eigenvalue weighted by molar-refractivity contribution is 6.12. The van der Waals surface area contributed by atoms with E-state index in [1.807, 2.05) is 25.7 Å². The summed E-state index contributed by atoms with van der Waals surface area (Å²) >= 11 is 0. The molecule has 0 aliphatic carbocycles. The third-order valence-electron chi connectivity index (χ3n) is 6.58. The zero-order valence-corrected chi connectivity index (χ0v) is 17.0. The number of aldehydes is 1. The fraction of sp³-hybridized carbons (Fsp3) is 0.545. The van der Waals surface area contributed by atoms with E-state index in [9.17, 15) is 19.2 Å². The van der Waals surface area contributed by atoms with E-state index in [1.54, 1.807) is 24.3 Å². The minimum absolute atomic E-state index is 0.104. The van der Waals surface area contributed by atoms with Crippen LogP contribution in [0.4, 0.5) is 0 Å². The van der Waals surface area contributed by atoms with Crippen LogP contribution in [0.25, 0.3) is 0 Å². The highest BCUT2D eigenvalue weighted by Gasteiger charge is 2.66. The molecule has 2 heterocycles. The molecular formula is C22H28N2O4. The number of imide groups is 1. The summed E-state index contributed by atoms with van der Waals surface area (Å²) < 4.78 is 0. The maximum atomic E-state index is 13.2. The molecule has 2 aliphatic heterocycles. The number of likely N-dealkylation sites (tertiary alicyclic amines) is 2. The fourth-order valence-corrected chi connectivity index (χ4v) is 4.79. The number of carbonyl (C=O) groups excluding carboxylic acids is 4. The molecule has 2 fully saturated rings.